The van der Waals surface area contributed by atoms with Gasteiger partial charge in [0, 0.05) is 61.5 Å². The van der Waals surface area contributed by atoms with Gasteiger partial charge in [-0.15, -0.1) is 0 Å². The van der Waals surface area contributed by atoms with Gasteiger partial charge in [-0.2, -0.15) is 0 Å². The van der Waals surface area contributed by atoms with Gasteiger partial charge in [0.1, 0.15) is 0 Å². The summed E-state index contributed by atoms with van der Waals surface area (Å²) >= 11 is 0. The molecule has 0 fully saturated rings. The maximum Gasteiger partial charge on any atom is 0.0604 e. The molecule has 0 spiro atoms. The van der Waals surface area contributed by atoms with Crippen LogP contribution in [0.4, 0.5) is 0 Å². The summed E-state index contributed by atoms with van der Waals surface area (Å²) in [4.78, 5) is 11.4. The van der Waals surface area contributed by atoms with E-state index in [0.29, 0.717) is 5.92 Å². The smallest absolute Gasteiger partial charge is 0.0604 e. The normalized spacial score (nSPS) is 15.0. The van der Waals surface area contributed by atoms with Crippen molar-refractivity contribution in [3.63, 3.8) is 0 Å². The number of aromatic nitrogens is 3. The average molecular weight is 348 g/mol. The molecular formula is C22H28N4. The molecule has 4 heteroatoms. The lowest BCUT2D eigenvalue weighted by atomic mass is 9.98. The molecule has 4 nitrogen and oxygen atoms in total. The molecule has 0 radical (unpaired) electrons. The van der Waals surface area contributed by atoms with Crippen LogP contribution in [-0.4, -0.2) is 33.0 Å². The maximum absolute atomic E-state index is 4.54. The molecule has 0 saturated carbocycles. The molecule has 3 heterocycles. The molecule has 1 aromatic carbocycles. The van der Waals surface area contributed by atoms with Gasteiger partial charge in [0.25, 0.3) is 0 Å². The number of hydrogen-bond acceptors (Lipinski definition) is 3. The Morgan fingerprint density at radius 3 is 2.73 bits per heavy atom. The summed E-state index contributed by atoms with van der Waals surface area (Å²) in [5.41, 5.74) is 7.87. The standard InChI is InChI=1S/C22H28N4/c1-15(2)17-5-6-21-19(11-17)20-14-25(4)9-8-22(20)26(21)10-7-18-13-23-16(3)12-24-18/h5-6,11-13,15H,7-10,14H2,1-4H3. The Kier molecular flexibility index (Phi) is 4.53. The Labute approximate surface area is 155 Å². The van der Waals surface area contributed by atoms with Crippen LogP contribution in [0, 0.1) is 6.92 Å². The van der Waals surface area contributed by atoms with Gasteiger partial charge in [0.15, 0.2) is 0 Å². The van der Waals surface area contributed by atoms with Crippen molar-refractivity contribution in [1.29, 1.82) is 0 Å². The molecule has 26 heavy (non-hydrogen) atoms. The minimum atomic E-state index is 0.558. The minimum absolute atomic E-state index is 0.558. The summed E-state index contributed by atoms with van der Waals surface area (Å²) in [5, 5.41) is 1.44. The van der Waals surface area contributed by atoms with Crippen LogP contribution in [0.25, 0.3) is 10.9 Å². The van der Waals surface area contributed by atoms with E-state index in [1.165, 1.54) is 27.7 Å². The van der Waals surface area contributed by atoms with E-state index in [1.807, 2.05) is 19.3 Å². The molecule has 3 aromatic rings. The van der Waals surface area contributed by atoms with E-state index in [9.17, 15) is 0 Å². The third-order valence-electron chi connectivity index (χ3n) is 5.56. The lowest BCUT2D eigenvalue weighted by Gasteiger charge is -2.24. The lowest BCUT2D eigenvalue weighted by molar-refractivity contribution is 0.309. The van der Waals surface area contributed by atoms with Crippen LogP contribution < -0.4 is 0 Å². The zero-order chi connectivity index (χ0) is 18.3. The molecule has 0 N–H and O–H groups in total. The van der Waals surface area contributed by atoms with Crippen molar-refractivity contribution in [2.75, 3.05) is 13.6 Å². The van der Waals surface area contributed by atoms with E-state index in [0.717, 1.165) is 43.9 Å². The molecule has 0 saturated heterocycles. The molecular weight excluding hydrogens is 320 g/mol. The second-order valence-corrected chi connectivity index (χ2v) is 7.90. The number of nitrogens with zero attached hydrogens (tertiary/aromatic N) is 4. The predicted octanol–water partition coefficient (Wildman–Crippen LogP) is 4.09. The van der Waals surface area contributed by atoms with Crippen LogP contribution in [0.3, 0.4) is 0 Å². The van der Waals surface area contributed by atoms with E-state index in [-0.39, 0.29) is 0 Å². The first kappa shape index (κ1) is 17.2. The molecule has 1 aliphatic rings. The molecule has 1 aliphatic heterocycles. The topological polar surface area (TPSA) is 34.0 Å². The summed E-state index contributed by atoms with van der Waals surface area (Å²) in [7, 11) is 2.22. The van der Waals surface area contributed by atoms with Gasteiger partial charge in [-0.05, 0) is 43.1 Å². The Bertz CT molecular complexity index is 921. The van der Waals surface area contributed by atoms with Gasteiger partial charge < -0.3 is 9.47 Å². The van der Waals surface area contributed by atoms with Crippen molar-refractivity contribution in [3.05, 3.63) is 58.8 Å². The number of rotatable bonds is 4. The summed E-state index contributed by atoms with van der Waals surface area (Å²) in [5.74, 6) is 0.558. The summed E-state index contributed by atoms with van der Waals surface area (Å²) < 4.78 is 2.53. The van der Waals surface area contributed by atoms with E-state index in [2.05, 4.69) is 58.5 Å². The predicted molar refractivity (Wildman–Crippen MR) is 107 cm³/mol. The number of hydrogen-bond donors (Lipinski definition) is 0. The highest BCUT2D eigenvalue weighted by atomic mass is 15.1. The highest BCUT2D eigenvalue weighted by molar-refractivity contribution is 5.86. The number of aryl methyl sites for hydroxylation is 3. The van der Waals surface area contributed by atoms with E-state index in [4.69, 9.17) is 0 Å². The first-order valence-electron chi connectivity index (χ1n) is 9.63. The van der Waals surface area contributed by atoms with Crippen molar-refractivity contribution in [3.8, 4) is 0 Å². The number of likely N-dealkylation sites (N-methyl/N-ethyl adjacent to an activating group) is 1. The zero-order valence-electron chi connectivity index (χ0n) is 16.3. The maximum atomic E-state index is 4.54. The second-order valence-electron chi connectivity index (χ2n) is 7.90. The first-order valence-corrected chi connectivity index (χ1v) is 9.63. The van der Waals surface area contributed by atoms with Crippen molar-refractivity contribution in [2.45, 2.75) is 52.6 Å². The van der Waals surface area contributed by atoms with E-state index in [1.54, 1.807) is 0 Å². The van der Waals surface area contributed by atoms with Crippen LogP contribution in [0.1, 0.15) is 48.0 Å². The quantitative estimate of drug-likeness (QED) is 0.712. The summed E-state index contributed by atoms with van der Waals surface area (Å²) in [6.45, 7) is 9.67. The summed E-state index contributed by atoms with van der Waals surface area (Å²) in [6.07, 6.45) is 5.82. The monoisotopic (exact) mass is 348 g/mol. The van der Waals surface area contributed by atoms with Gasteiger partial charge in [0.05, 0.1) is 11.4 Å². The van der Waals surface area contributed by atoms with Gasteiger partial charge in [-0.1, -0.05) is 19.9 Å². The van der Waals surface area contributed by atoms with Crippen molar-refractivity contribution in [1.82, 2.24) is 19.4 Å². The third-order valence-corrected chi connectivity index (χ3v) is 5.56. The largest absolute Gasteiger partial charge is 0.344 e. The number of benzene rings is 1. The third kappa shape index (κ3) is 3.14. The fraction of sp³-hybridized carbons (Fsp3) is 0.455. The Balaban J connectivity index is 1.74. The van der Waals surface area contributed by atoms with Gasteiger partial charge in [-0.25, -0.2) is 0 Å². The van der Waals surface area contributed by atoms with Crippen molar-refractivity contribution < 1.29 is 0 Å². The van der Waals surface area contributed by atoms with Gasteiger partial charge >= 0.3 is 0 Å². The molecule has 0 amide bonds. The van der Waals surface area contributed by atoms with Gasteiger partial charge in [0.2, 0.25) is 0 Å². The Morgan fingerprint density at radius 2 is 2.00 bits per heavy atom. The van der Waals surface area contributed by atoms with Crippen LogP contribution in [-0.2, 0) is 25.9 Å². The average Bonchev–Trinajstić information content (AvgIpc) is 2.93. The zero-order valence-corrected chi connectivity index (χ0v) is 16.3. The fourth-order valence-electron chi connectivity index (χ4n) is 3.99. The lowest BCUT2D eigenvalue weighted by Crippen LogP contribution is -2.27. The van der Waals surface area contributed by atoms with Crippen LogP contribution >= 0.6 is 0 Å². The fourth-order valence-corrected chi connectivity index (χ4v) is 3.99. The Hall–Kier alpha value is -2.20. The van der Waals surface area contributed by atoms with Gasteiger partial charge in [-0.3, -0.25) is 9.97 Å². The molecule has 0 bridgehead atoms. The van der Waals surface area contributed by atoms with E-state index >= 15 is 0 Å². The molecule has 136 valence electrons. The number of fused-ring (bicyclic) bond motifs is 3. The SMILES string of the molecule is Cc1cnc(CCn2c3c(c4cc(C(C)C)ccc42)CN(C)CC3)cn1. The highest BCUT2D eigenvalue weighted by Gasteiger charge is 2.22. The van der Waals surface area contributed by atoms with Crippen LogP contribution in [0.2, 0.25) is 0 Å². The molecule has 0 unspecified atom stereocenters. The first-order chi connectivity index (χ1) is 12.5. The minimum Gasteiger partial charge on any atom is -0.344 e. The molecule has 4 rings (SSSR count). The Morgan fingerprint density at radius 1 is 1.15 bits per heavy atom. The van der Waals surface area contributed by atoms with Crippen LogP contribution in [0.5, 0.6) is 0 Å². The second kappa shape index (κ2) is 6.84. The molecule has 0 atom stereocenters. The summed E-state index contributed by atoms with van der Waals surface area (Å²) in [6, 6.07) is 7.04. The molecule has 2 aromatic heterocycles. The van der Waals surface area contributed by atoms with E-state index < -0.39 is 0 Å². The van der Waals surface area contributed by atoms with Crippen molar-refractivity contribution >= 4 is 10.9 Å². The van der Waals surface area contributed by atoms with Crippen molar-refractivity contribution in [2.24, 2.45) is 0 Å². The van der Waals surface area contributed by atoms with Crippen LogP contribution in [0.15, 0.2) is 30.6 Å². The highest BCUT2D eigenvalue weighted by Crippen LogP contribution is 2.33. The molecule has 0 aliphatic carbocycles.